The summed E-state index contributed by atoms with van der Waals surface area (Å²) < 4.78 is 0. The van der Waals surface area contributed by atoms with Crippen LogP contribution < -0.4 is 5.32 Å². The van der Waals surface area contributed by atoms with Gasteiger partial charge in [-0.15, -0.1) is 11.3 Å². The predicted octanol–water partition coefficient (Wildman–Crippen LogP) is 2.09. The molecule has 0 saturated carbocycles. The summed E-state index contributed by atoms with van der Waals surface area (Å²) in [6, 6.07) is 4.19. The van der Waals surface area contributed by atoms with Gasteiger partial charge in [-0.3, -0.25) is 4.79 Å². The number of amides is 1. The number of hydrogen-bond donors (Lipinski definition) is 3. The van der Waals surface area contributed by atoms with Crippen molar-refractivity contribution in [2.75, 3.05) is 6.54 Å². The van der Waals surface area contributed by atoms with Gasteiger partial charge in [0.2, 0.25) is 0 Å². The SMILES string of the molecule is CC(CNC(=O)c1c(O)cccc1O)c1nccs1. The zero-order chi connectivity index (χ0) is 13.8. The van der Waals surface area contributed by atoms with Gasteiger partial charge in [0.15, 0.2) is 0 Å². The highest BCUT2D eigenvalue weighted by Crippen LogP contribution is 2.26. The Labute approximate surface area is 114 Å². The molecule has 2 aromatic rings. The Bertz CT molecular complexity index is 549. The van der Waals surface area contributed by atoms with Crippen LogP contribution in [0.25, 0.3) is 0 Å². The summed E-state index contributed by atoms with van der Waals surface area (Å²) in [7, 11) is 0. The molecule has 0 aliphatic carbocycles. The lowest BCUT2D eigenvalue weighted by Crippen LogP contribution is -2.27. The molecule has 3 N–H and O–H groups in total. The molecule has 0 fully saturated rings. The van der Waals surface area contributed by atoms with Crippen molar-refractivity contribution in [3.05, 3.63) is 40.3 Å². The molecule has 0 saturated heterocycles. The first kappa shape index (κ1) is 13.4. The van der Waals surface area contributed by atoms with Gasteiger partial charge in [-0.1, -0.05) is 13.0 Å². The average molecular weight is 278 g/mol. The number of benzene rings is 1. The van der Waals surface area contributed by atoms with E-state index in [1.165, 1.54) is 29.5 Å². The topological polar surface area (TPSA) is 82.5 Å². The summed E-state index contributed by atoms with van der Waals surface area (Å²) in [5.41, 5.74) is -0.103. The van der Waals surface area contributed by atoms with Crippen molar-refractivity contribution >= 4 is 17.2 Å². The van der Waals surface area contributed by atoms with E-state index in [0.717, 1.165) is 5.01 Å². The number of rotatable bonds is 4. The molecular weight excluding hydrogens is 264 g/mol. The van der Waals surface area contributed by atoms with Crippen LogP contribution in [0, 0.1) is 0 Å². The standard InChI is InChI=1S/C13H14N2O3S/c1-8(13-14-5-6-19-13)7-15-12(18)11-9(16)3-2-4-10(11)17/h2-6,8,16-17H,7H2,1H3,(H,15,18). The Balaban J connectivity index is 2.02. The number of aromatic hydroxyl groups is 2. The summed E-state index contributed by atoms with van der Waals surface area (Å²) in [4.78, 5) is 16.1. The van der Waals surface area contributed by atoms with Crippen LogP contribution in [0.1, 0.15) is 28.2 Å². The summed E-state index contributed by atoms with van der Waals surface area (Å²) in [5, 5.41) is 24.6. The summed E-state index contributed by atoms with van der Waals surface area (Å²) >= 11 is 1.52. The van der Waals surface area contributed by atoms with Gasteiger partial charge in [0, 0.05) is 24.0 Å². The van der Waals surface area contributed by atoms with Gasteiger partial charge in [0.05, 0.1) is 5.01 Å². The molecule has 19 heavy (non-hydrogen) atoms. The predicted molar refractivity (Wildman–Crippen MR) is 72.6 cm³/mol. The van der Waals surface area contributed by atoms with Gasteiger partial charge in [-0.2, -0.15) is 0 Å². The van der Waals surface area contributed by atoms with E-state index in [2.05, 4.69) is 10.3 Å². The molecule has 1 amide bonds. The van der Waals surface area contributed by atoms with Crippen molar-refractivity contribution in [2.24, 2.45) is 0 Å². The number of aromatic nitrogens is 1. The van der Waals surface area contributed by atoms with Crippen molar-refractivity contribution < 1.29 is 15.0 Å². The number of carbonyl (C=O) groups is 1. The Morgan fingerprint density at radius 2 is 2.11 bits per heavy atom. The minimum atomic E-state index is -0.501. The van der Waals surface area contributed by atoms with Crippen molar-refractivity contribution in [3.63, 3.8) is 0 Å². The highest BCUT2D eigenvalue weighted by Gasteiger charge is 2.17. The molecular formula is C13H14N2O3S. The molecule has 0 spiro atoms. The second-order valence-corrected chi connectivity index (χ2v) is 5.08. The lowest BCUT2D eigenvalue weighted by atomic mass is 10.1. The van der Waals surface area contributed by atoms with Crippen molar-refractivity contribution in [2.45, 2.75) is 12.8 Å². The molecule has 5 nitrogen and oxygen atoms in total. The Morgan fingerprint density at radius 1 is 1.42 bits per heavy atom. The van der Waals surface area contributed by atoms with Crippen molar-refractivity contribution in [3.8, 4) is 11.5 Å². The van der Waals surface area contributed by atoms with Crippen LogP contribution >= 0.6 is 11.3 Å². The molecule has 6 heteroatoms. The summed E-state index contributed by atoms with van der Waals surface area (Å²) in [6.45, 7) is 2.34. The fourth-order valence-corrected chi connectivity index (χ4v) is 2.36. The minimum absolute atomic E-state index is 0.0805. The number of thiazole rings is 1. The van der Waals surface area contributed by atoms with E-state index in [0.29, 0.717) is 6.54 Å². The van der Waals surface area contributed by atoms with E-state index in [1.54, 1.807) is 6.20 Å². The van der Waals surface area contributed by atoms with Gasteiger partial charge in [-0.25, -0.2) is 4.98 Å². The van der Waals surface area contributed by atoms with Gasteiger partial charge in [-0.05, 0) is 12.1 Å². The van der Waals surface area contributed by atoms with Gasteiger partial charge >= 0.3 is 0 Å². The third-order valence-electron chi connectivity index (χ3n) is 2.69. The third-order valence-corrected chi connectivity index (χ3v) is 3.70. The van der Waals surface area contributed by atoms with Gasteiger partial charge < -0.3 is 15.5 Å². The zero-order valence-corrected chi connectivity index (χ0v) is 11.1. The first-order valence-electron chi connectivity index (χ1n) is 5.78. The Kier molecular flexibility index (Phi) is 4.01. The van der Waals surface area contributed by atoms with Crippen LogP contribution in [-0.2, 0) is 0 Å². The largest absolute Gasteiger partial charge is 0.507 e. The molecule has 100 valence electrons. The average Bonchev–Trinajstić information content (AvgIpc) is 2.89. The van der Waals surface area contributed by atoms with E-state index in [4.69, 9.17) is 0 Å². The molecule has 1 heterocycles. The van der Waals surface area contributed by atoms with E-state index in [1.807, 2.05) is 12.3 Å². The molecule has 0 aliphatic heterocycles. The van der Waals surface area contributed by atoms with E-state index < -0.39 is 5.91 Å². The monoisotopic (exact) mass is 278 g/mol. The maximum Gasteiger partial charge on any atom is 0.258 e. The number of nitrogens with one attached hydrogen (secondary N) is 1. The molecule has 2 rings (SSSR count). The van der Waals surface area contributed by atoms with Crippen LogP contribution in [0.15, 0.2) is 29.8 Å². The van der Waals surface area contributed by atoms with Crippen molar-refractivity contribution in [1.29, 1.82) is 0 Å². The smallest absolute Gasteiger partial charge is 0.258 e. The molecule has 0 aliphatic rings. The molecule has 1 atom stereocenters. The number of carbonyl (C=O) groups excluding carboxylic acids is 1. The molecule has 0 radical (unpaired) electrons. The van der Waals surface area contributed by atoms with Crippen LogP contribution in [-0.4, -0.2) is 27.6 Å². The first-order chi connectivity index (χ1) is 9.09. The summed E-state index contributed by atoms with van der Waals surface area (Å²) in [6.07, 6.45) is 1.72. The fraction of sp³-hybridized carbons (Fsp3) is 0.231. The van der Waals surface area contributed by atoms with Crippen LogP contribution in [0.2, 0.25) is 0 Å². The van der Waals surface area contributed by atoms with Crippen LogP contribution in [0.5, 0.6) is 11.5 Å². The van der Waals surface area contributed by atoms with E-state index >= 15 is 0 Å². The maximum absolute atomic E-state index is 11.9. The fourth-order valence-electron chi connectivity index (χ4n) is 1.66. The molecule has 1 aromatic carbocycles. The number of phenols is 2. The number of nitrogens with zero attached hydrogens (tertiary/aromatic N) is 1. The second-order valence-electron chi connectivity index (χ2n) is 4.15. The number of hydrogen-bond acceptors (Lipinski definition) is 5. The summed E-state index contributed by atoms with van der Waals surface area (Å²) in [5.74, 6) is -0.894. The zero-order valence-electron chi connectivity index (χ0n) is 10.3. The maximum atomic E-state index is 11.9. The molecule has 0 bridgehead atoms. The Morgan fingerprint density at radius 3 is 2.68 bits per heavy atom. The first-order valence-corrected chi connectivity index (χ1v) is 6.66. The Hall–Kier alpha value is -2.08. The minimum Gasteiger partial charge on any atom is -0.507 e. The molecule has 1 unspecified atom stereocenters. The normalized spacial score (nSPS) is 12.1. The highest BCUT2D eigenvalue weighted by atomic mass is 32.1. The van der Waals surface area contributed by atoms with Gasteiger partial charge in [0.1, 0.15) is 17.1 Å². The lowest BCUT2D eigenvalue weighted by Gasteiger charge is -2.11. The quantitative estimate of drug-likeness (QED) is 0.799. The van der Waals surface area contributed by atoms with Crippen LogP contribution in [0.4, 0.5) is 0 Å². The van der Waals surface area contributed by atoms with Gasteiger partial charge in [0.25, 0.3) is 5.91 Å². The van der Waals surface area contributed by atoms with E-state index in [9.17, 15) is 15.0 Å². The van der Waals surface area contributed by atoms with Crippen LogP contribution in [0.3, 0.4) is 0 Å². The van der Waals surface area contributed by atoms with Crippen molar-refractivity contribution in [1.82, 2.24) is 10.3 Å². The molecule has 1 aromatic heterocycles. The van der Waals surface area contributed by atoms with E-state index in [-0.39, 0.29) is 23.0 Å². The second kappa shape index (κ2) is 5.71. The lowest BCUT2D eigenvalue weighted by molar-refractivity contribution is 0.0946. The number of phenolic OH excluding ortho intramolecular Hbond substituents is 2. The highest BCUT2D eigenvalue weighted by molar-refractivity contribution is 7.09. The third kappa shape index (κ3) is 3.03.